The number of rotatable bonds is 7. The molecule has 0 radical (unpaired) electrons. The van der Waals surface area contributed by atoms with Crippen molar-refractivity contribution in [3.63, 3.8) is 0 Å². The van der Waals surface area contributed by atoms with Gasteiger partial charge >= 0.3 is 5.69 Å². The molecule has 3 aromatic rings. The van der Waals surface area contributed by atoms with E-state index in [9.17, 15) is 24.8 Å². The molecule has 1 amide bonds. The maximum Gasteiger partial charge on any atom is 0.315 e. The molecular formula is C21H18N4O6. The maximum absolute atomic E-state index is 12.6. The second-order valence-corrected chi connectivity index (χ2v) is 6.39. The third-order valence-corrected chi connectivity index (χ3v) is 4.33. The van der Waals surface area contributed by atoms with Gasteiger partial charge < -0.3 is 14.4 Å². The molecule has 0 saturated carbocycles. The Morgan fingerprint density at radius 1 is 1.26 bits per heavy atom. The predicted molar refractivity (Wildman–Crippen MR) is 113 cm³/mol. The Labute approximate surface area is 176 Å². The van der Waals surface area contributed by atoms with Crippen molar-refractivity contribution < 1.29 is 19.6 Å². The second-order valence-electron chi connectivity index (χ2n) is 6.39. The second kappa shape index (κ2) is 9.35. The van der Waals surface area contributed by atoms with E-state index in [1.807, 2.05) is 30.3 Å². The van der Waals surface area contributed by atoms with Crippen molar-refractivity contribution >= 4 is 17.8 Å². The number of nitro groups is 1. The van der Waals surface area contributed by atoms with E-state index in [2.05, 4.69) is 10.5 Å². The molecule has 31 heavy (non-hydrogen) atoms. The number of carbonyl (C=O) groups is 1. The van der Waals surface area contributed by atoms with Crippen LogP contribution in [-0.2, 0) is 6.54 Å². The highest BCUT2D eigenvalue weighted by molar-refractivity contribution is 5.94. The van der Waals surface area contributed by atoms with Crippen molar-refractivity contribution in [3.05, 3.63) is 98.0 Å². The van der Waals surface area contributed by atoms with Crippen molar-refractivity contribution in [1.82, 2.24) is 9.99 Å². The number of nitrogens with zero attached hydrogens (tertiary/aromatic N) is 3. The first-order chi connectivity index (χ1) is 14.9. The summed E-state index contributed by atoms with van der Waals surface area (Å²) in [5.74, 6) is -1.46. The normalized spacial score (nSPS) is 10.7. The highest BCUT2D eigenvalue weighted by Crippen LogP contribution is 2.36. The third-order valence-electron chi connectivity index (χ3n) is 4.33. The van der Waals surface area contributed by atoms with Gasteiger partial charge in [-0.05, 0) is 23.8 Å². The number of hydrazone groups is 1. The molecule has 10 nitrogen and oxygen atoms in total. The third kappa shape index (κ3) is 4.93. The van der Waals surface area contributed by atoms with Crippen LogP contribution in [0, 0.1) is 10.1 Å². The monoisotopic (exact) mass is 422 g/mol. The van der Waals surface area contributed by atoms with Crippen LogP contribution in [-0.4, -0.2) is 33.8 Å². The molecular weight excluding hydrogens is 404 g/mol. The number of pyridine rings is 1. The highest BCUT2D eigenvalue weighted by atomic mass is 16.6. The smallest absolute Gasteiger partial charge is 0.315 e. The summed E-state index contributed by atoms with van der Waals surface area (Å²) in [7, 11) is 1.25. The Balaban J connectivity index is 1.78. The van der Waals surface area contributed by atoms with E-state index < -0.39 is 27.8 Å². The van der Waals surface area contributed by atoms with Crippen molar-refractivity contribution in [2.24, 2.45) is 5.10 Å². The maximum atomic E-state index is 12.6. The van der Waals surface area contributed by atoms with Crippen LogP contribution in [0.2, 0.25) is 0 Å². The molecule has 0 aliphatic rings. The molecule has 3 rings (SSSR count). The lowest BCUT2D eigenvalue weighted by atomic mass is 10.2. The summed E-state index contributed by atoms with van der Waals surface area (Å²) in [5, 5.41) is 24.6. The number of phenolic OH excluding ortho intramolecular Hbond substituents is 1. The van der Waals surface area contributed by atoms with Crippen LogP contribution >= 0.6 is 0 Å². The Morgan fingerprint density at radius 3 is 2.68 bits per heavy atom. The fourth-order valence-corrected chi connectivity index (χ4v) is 2.82. The van der Waals surface area contributed by atoms with E-state index in [-0.39, 0.29) is 16.9 Å². The molecule has 10 heteroatoms. The molecule has 2 aromatic carbocycles. The number of hydrogen-bond donors (Lipinski definition) is 2. The predicted octanol–water partition coefficient (Wildman–Crippen LogP) is 2.28. The van der Waals surface area contributed by atoms with Crippen molar-refractivity contribution in [2.75, 3.05) is 7.11 Å². The zero-order valence-electron chi connectivity index (χ0n) is 16.4. The fraction of sp³-hybridized carbons (Fsp3) is 0.0952. The minimum Gasteiger partial charge on any atom is -0.500 e. The minimum absolute atomic E-state index is 0.107. The molecule has 2 N–H and O–H groups in total. The van der Waals surface area contributed by atoms with Crippen LogP contribution in [0.1, 0.15) is 21.5 Å². The lowest BCUT2D eigenvalue weighted by molar-refractivity contribution is -0.386. The van der Waals surface area contributed by atoms with Gasteiger partial charge in [0.05, 0.1) is 24.8 Å². The number of aromatic nitrogens is 1. The van der Waals surface area contributed by atoms with Gasteiger partial charge in [-0.2, -0.15) is 5.10 Å². The van der Waals surface area contributed by atoms with E-state index in [4.69, 9.17) is 4.74 Å². The van der Waals surface area contributed by atoms with E-state index in [0.717, 1.165) is 17.8 Å². The summed E-state index contributed by atoms with van der Waals surface area (Å²) in [6, 6.07) is 14.7. The largest absolute Gasteiger partial charge is 0.500 e. The fourth-order valence-electron chi connectivity index (χ4n) is 2.82. The molecule has 1 heterocycles. The molecule has 158 valence electrons. The Hall–Kier alpha value is -4.47. The van der Waals surface area contributed by atoms with Gasteiger partial charge in [0.1, 0.15) is 5.56 Å². The average Bonchev–Trinajstić information content (AvgIpc) is 2.76. The Kier molecular flexibility index (Phi) is 6.41. The number of aromatic hydroxyl groups is 1. The van der Waals surface area contributed by atoms with Crippen molar-refractivity contribution in [3.8, 4) is 11.5 Å². The summed E-state index contributed by atoms with van der Waals surface area (Å²) in [6.45, 7) is 0.307. The van der Waals surface area contributed by atoms with Crippen LogP contribution in [0.5, 0.6) is 11.5 Å². The highest BCUT2D eigenvalue weighted by Gasteiger charge is 2.19. The molecule has 1 aromatic heterocycles. The van der Waals surface area contributed by atoms with Crippen LogP contribution in [0.3, 0.4) is 0 Å². The number of nitro benzene ring substituents is 1. The molecule has 0 unspecified atom stereocenters. The first-order valence-corrected chi connectivity index (χ1v) is 9.03. The molecule has 0 spiro atoms. The average molecular weight is 422 g/mol. The van der Waals surface area contributed by atoms with Crippen molar-refractivity contribution in [1.29, 1.82) is 0 Å². The zero-order chi connectivity index (χ0) is 22.4. The number of benzene rings is 2. The quantitative estimate of drug-likeness (QED) is 0.341. The van der Waals surface area contributed by atoms with Crippen LogP contribution in [0.4, 0.5) is 5.69 Å². The molecule has 0 bridgehead atoms. The number of nitrogens with one attached hydrogen (secondary N) is 1. The van der Waals surface area contributed by atoms with E-state index in [0.29, 0.717) is 6.54 Å². The number of ether oxygens (including phenoxy) is 1. The molecule has 0 atom stereocenters. The van der Waals surface area contributed by atoms with Gasteiger partial charge in [0.2, 0.25) is 5.75 Å². The Bertz CT molecular complexity index is 1200. The number of methoxy groups -OCH3 is 1. The van der Waals surface area contributed by atoms with E-state index in [1.54, 1.807) is 12.3 Å². The van der Waals surface area contributed by atoms with Gasteiger partial charge in [-0.25, -0.2) is 5.43 Å². The first-order valence-electron chi connectivity index (χ1n) is 9.03. The number of hydrogen-bond acceptors (Lipinski definition) is 7. The van der Waals surface area contributed by atoms with Gasteiger partial charge in [0.25, 0.3) is 11.5 Å². The van der Waals surface area contributed by atoms with Gasteiger partial charge in [0, 0.05) is 17.8 Å². The van der Waals surface area contributed by atoms with Crippen LogP contribution < -0.4 is 15.7 Å². The lowest BCUT2D eigenvalue weighted by Crippen LogP contribution is -2.30. The van der Waals surface area contributed by atoms with Gasteiger partial charge in [-0.1, -0.05) is 30.3 Å². The number of amides is 1. The van der Waals surface area contributed by atoms with Crippen LogP contribution in [0.15, 0.2) is 70.7 Å². The molecule has 0 fully saturated rings. The van der Waals surface area contributed by atoms with Crippen molar-refractivity contribution in [2.45, 2.75) is 6.54 Å². The topological polar surface area (TPSA) is 136 Å². The Morgan fingerprint density at radius 2 is 2.00 bits per heavy atom. The molecule has 0 saturated heterocycles. The zero-order valence-corrected chi connectivity index (χ0v) is 16.4. The molecule has 0 aliphatic carbocycles. The summed E-state index contributed by atoms with van der Waals surface area (Å²) in [6.07, 6.45) is 2.72. The lowest BCUT2D eigenvalue weighted by Gasteiger charge is -2.07. The minimum atomic E-state index is -0.771. The summed E-state index contributed by atoms with van der Waals surface area (Å²) < 4.78 is 6.31. The SMILES string of the molecule is COc1cc(/C=N\NC(=O)c2cccn(Cc3ccccc3)c2=O)cc([N+](=O)[O-])c1O. The molecule has 0 aliphatic heterocycles. The summed E-state index contributed by atoms with van der Waals surface area (Å²) >= 11 is 0. The van der Waals surface area contributed by atoms with Gasteiger partial charge in [-0.15, -0.1) is 0 Å². The summed E-state index contributed by atoms with van der Waals surface area (Å²) in [5.41, 5.74) is 2.17. The van der Waals surface area contributed by atoms with E-state index >= 15 is 0 Å². The van der Waals surface area contributed by atoms with E-state index in [1.165, 1.54) is 23.8 Å². The first kappa shape index (κ1) is 21.2. The van der Waals surface area contributed by atoms with Gasteiger partial charge in [0.15, 0.2) is 5.75 Å². The van der Waals surface area contributed by atoms with Crippen LogP contribution in [0.25, 0.3) is 0 Å². The number of carbonyl (C=O) groups excluding carboxylic acids is 1. The standard InChI is InChI=1S/C21H18N4O6/c1-31-18-11-15(10-17(19(18)26)25(29)30)12-22-23-20(27)16-8-5-9-24(21(16)28)13-14-6-3-2-4-7-14/h2-12,26H,13H2,1H3,(H,23,27)/b22-12-. The van der Waals surface area contributed by atoms with Gasteiger partial charge in [-0.3, -0.25) is 19.7 Å². The number of phenols is 1. The summed E-state index contributed by atoms with van der Waals surface area (Å²) in [4.78, 5) is 35.3.